The first kappa shape index (κ1) is 18.9. The van der Waals surface area contributed by atoms with Crippen LogP contribution in [0.4, 0.5) is 10.2 Å². The van der Waals surface area contributed by atoms with Gasteiger partial charge in [0, 0.05) is 55.9 Å². The van der Waals surface area contributed by atoms with Gasteiger partial charge in [-0.25, -0.2) is 19.3 Å². The number of aromatic nitrogens is 5. The molecule has 3 aromatic heterocycles. The van der Waals surface area contributed by atoms with E-state index in [1.165, 1.54) is 0 Å². The zero-order valence-electron chi connectivity index (χ0n) is 17.7. The number of halogens is 1. The van der Waals surface area contributed by atoms with Gasteiger partial charge in [0.2, 0.25) is 0 Å². The number of fused-ring (bicyclic) bond motifs is 2. The second-order valence-corrected chi connectivity index (χ2v) is 8.09. The van der Waals surface area contributed by atoms with Crippen LogP contribution in [0.5, 0.6) is 0 Å². The number of benzene rings is 1. The first-order valence-electron chi connectivity index (χ1n) is 10.4. The molecule has 0 saturated carbocycles. The van der Waals surface area contributed by atoms with E-state index in [0.717, 1.165) is 58.3 Å². The van der Waals surface area contributed by atoms with E-state index in [2.05, 4.69) is 29.9 Å². The van der Waals surface area contributed by atoms with Crippen LogP contribution >= 0.6 is 0 Å². The topological polar surface area (TPSA) is 85.2 Å². The van der Waals surface area contributed by atoms with E-state index < -0.39 is 0 Å². The SMILES string of the molecule is Cc1nc2c(o1)CCN(c1cc(C3=NCc4cc(F)c(-c5cnn(C)c5)cc43)ncn1)C2. The highest BCUT2D eigenvalue weighted by Crippen LogP contribution is 2.31. The van der Waals surface area contributed by atoms with Gasteiger partial charge in [-0.2, -0.15) is 5.10 Å². The van der Waals surface area contributed by atoms with Crippen LogP contribution in [0.2, 0.25) is 0 Å². The molecule has 5 heterocycles. The van der Waals surface area contributed by atoms with Crippen molar-refractivity contribution in [3.05, 3.63) is 76.9 Å². The van der Waals surface area contributed by atoms with Gasteiger partial charge in [0.05, 0.1) is 30.7 Å². The molecule has 0 atom stereocenters. The summed E-state index contributed by atoms with van der Waals surface area (Å²) in [5.41, 5.74) is 5.41. The zero-order chi connectivity index (χ0) is 21.8. The van der Waals surface area contributed by atoms with Gasteiger partial charge in [0.15, 0.2) is 5.89 Å². The lowest BCUT2D eigenvalue weighted by atomic mass is 9.97. The number of anilines is 1. The summed E-state index contributed by atoms with van der Waals surface area (Å²) >= 11 is 0. The summed E-state index contributed by atoms with van der Waals surface area (Å²) in [6.45, 7) is 3.73. The maximum absolute atomic E-state index is 14.8. The van der Waals surface area contributed by atoms with Gasteiger partial charge in [0.1, 0.15) is 29.4 Å². The Hall–Kier alpha value is -3.88. The average molecular weight is 429 g/mol. The van der Waals surface area contributed by atoms with E-state index >= 15 is 0 Å². The summed E-state index contributed by atoms with van der Waals surface area (Å²) in [6, 6.07) is 5.36. The summed E-state index contributed by atoms with van der Waals surface area (Å²) in [5.74, 6) is 2.18. The Bertz CT molecular complexity index is 1390. The van der Waals surface area contributed by atoms with Crippen molar-refractivity contribution in [1.82, 2.24) is 24.7 Å². The second-order valence-electron chi connectivity index (χ2n) is 8.09. The van der Waals surface area contributed by atoms with Gasteiger partial charge < -0.3 is 9.32 Å². The molecule has 4 aromatic rings. The van der Waals surface area contributed by atoms with Crippen molar-refractivity contribution in [3.63, 3.8) is 0 Å². The third kappa shape index (κ3) is 3.08. The lowest BCUT2D eigenvalue weighted by Crippen LogP contribution is -2.31. The molecule has 2 aliphatic rings. The standard InChI is InChI=1S/C23H20FN7O/c1-13-29-20-11-31(4-3-21(20)32-13)22-7-19(26-12-27-22)23-17-6-16(15-9-28-30(2)10-15)18(24)5-14(17)8-25-23/h5-7,9-10,12H,3-4,8,11H2,1-2H3. The fourth-order valence-electron chi connectivity index (χ4n) is 4.39. The molecule has 6 rings (SSSR count). The smallest absolute Gasteiger partial charge is 0.191 e. The van der Waals surface area contributed by atoms with Gasteiger partial charge in [-0.15, -0.1) is 0 Å². The second kappa shape index (κ2) is 7.08. The molecule has 0 amide bonds. The summed E-state index contributed by atoms with van der Waals surface area (Å²) in [7, 11) is 1.81. The van der Waals surface area contributed by atoms with E-state index in [1.807, 2.05) is 26.1 Å². The van der Waals surface area contributed by atoms with E-state index in [9.17, 15) is 4.39 Å². The summed E-state index contributed by atoms with van der Waals surface area (Å²) in [4.78, 5) is 20.3. The number of nitrogens with zero attached hydrogens (tertiary/aromatic N) is 7. The van der Waals surface area contributed by atoms with Crippen molar-refractivity contribution in [2.45, 2.75) is 26.4 Å². The third-order valence-corrected chi connectivity index (χ3v) is 5.93. The van der Waals surface area contributed by atoms with Crippen LogP contribution in [0.25, 0.3) is 11.1 Å². The number of oxazole rings is 1. The van der Waals surface area contributed by atoms with Crippen molar-refractivity contribution < 1.29 is 8.81 Å². The van der Waals surface area contributed by atoms with Gasteiger partial charge in [0.25, 0.3) is 0 Å². The average Bonchev–Trinajstić information content (AvgIpc) is 3.49. The molecule has 0 N–H and O–H groups in total. The van der Waals surface area contributed by atoms with Crippen LogP contribution in [-0.2, 0) is 26.6 Å². The highest BCUT2D eigenvalue weighted by Gasteiger charge is 2.25. The number of hydrogen-bond donors (Lipinski definition) is 0. The maximum atomic E-state index is 14.8. The van der Waals surface area contributed by atoms with E-state index in [1.54, 1.807) is 29.5 Å². The first-order chi connectivity index (χ1) is 15.5. The molecule has 0 fully saturated rings. The van der Waals surface area contributed by atoms with Crippen LogP contribution < -0.4 is 4.90 Å². The molecule has 32 heavy (non-hydrogen) atoms. The van der Waals surface area contributed by atoms with Crippen LogP contribution in [0.1, 0.15) is 34.2 Å². The minimum absolute atomic E-state index is 0.274. The largest absolute Gasteiger partial charge is 0.446 e. The molecule has 2 aliphatic heterocycles. The van der Waals surface area contributed by atoms with Crippen LogP contribution in [0, 0.1) is 12.7 Å². The monoisotopic (exact) mass is 429 g/mol. The number of aryl methyl sites for hydroxylation is 2. The quantitative estimate of drug-likeness (QED) is 0.497. The van der Waals surface area contributed by atoms with Crippen molar-refractivity contribution in [1.29, 1.82) is 0 Å². The summed E-state index contributed by atoms with van der Waals surface area (Å²) in [5, 5.41) is 4.17. The molecular weight excluding hydrogens is 409 g/mol. The number of rotatable bonds is 3. The number of aliphatic imine (C=N–C) groups is 1. The molecule has 0 unspecified atom stereocenters. The van der Waals surface area contributed by atoms with Gasteiger partial charge >= 0.3 is 0 Å². The Morgan fingerprint density at radius 1 is 1.12 bits per heavy atom. The Kier molecular flexibility index (Phi) is 4.17. The Morgan fingerprint density at radius 2 is 2.03 bits per heavy atom. The van der Waals surface area contributed by atoms with Crippen molar-refractivity contribution in [2.75, 3.05) is 11.4 Å². The predicted molar refractivity (Wildman–Crippen MR) is 116 cm³/mol. The Balaban J connectivity index is 1.34. The van der Waals surface area contributed by atoms with Crippen molar-refractivity contribution in [2.24, 2.45) is 12.0 Å². The van der Waals surface area contributed by atoms with E-state index in [0.29, 0.717) is 24.5 Å². The zero-order valence-corrected chi connectivity index (χ0v) is 17.7. The molecule has 0 bridgehead atoms. The van der Waals surface area contributed by atoms with Gasteiger partial charge in [-0.3, -0.25) is 9.67 Å². The minimum Gasteiger partial charge on any atom is -0.446 e. The van der Waals surface area contributed by atoms with Crippen LogP contribution in [-0.4, -0.2) is 37.0 Å². The molecule has 9 heteroatoms. The minimum atomic E-state index is -0.274. The predicted octanol–water partition coefficient (Wildman–Crippen LogP) is 3.23. The van der Waals surface area contributed by atoms with Crippen LogP contribution in [0.15, 0.2) is 46.3 Å². The lowest BCUT2D eigenvalue weighted by molar-refractivity contribution is 0.463. The van der Waals surface area contributed by atoms with Gasteiger partial charge in [-0.05, 0) is 17.7 Å². The lowest BCUT2D eigenvalue weighted by Gasteiger charge is -2.26. The summed E-state index contributed by atoms with van der Waals surface area (Å²) in [6.07, 6.45) is 5.80. The Labute approximate surface area is 183 Å². The fraction of sp³-hybridized carbons (Fsp3) is 0.261. The van der Waals surface area contributed by atoms with Gasteiger partial charge in [-0.1, -0.05) is 0 Å². The third-order valence-electron chi connectivity index (χ3n) is 5.93. The molecular formula is C23H20FN7O. The highest BCUT2D eigenvalue weighted by molar-refractivity contribution is 6.14. The molecule has 160 valence electrons. The molecule has 0 saturated heterocycles. The van der Waals surface area contributed by atoms with Crippen molar-refractivity contribution >= 4 is 11.5 Å². The molecule has 0 spiro atoms. The normalized spacial score (nSPS) is 15.0. The molecule has 1 aromatic carbocycles. The maximum Gasteiger partial charge on any atom is 0.191 e. The molecule has 0 radical (unpaired) electrons. The highest BCUT2D eigenvalue weighted by atomic mass is 19.1. The number of hydrogen-bond acceptors (Lipinski definition) is 7. The van der Waals surface area contributed by atoms with Crippen LogP contribution in [0.3, 0.4) is 0 Å². The van der Waals surface area contributed by atoms with E-state index in [-0.39, 0.29) is 5.82 Å². The first-order valence-corrected chi connectivity index (χ1v) is 10.4. The molecule has 0 aliphatic carbocycles. The Morgan fingerprint density at radius 3 is 2.88 bits per heavy atom. The van der Waals surface area contributed by atoms with E-state index in [4.69, 9.17) is 4.42 Å². The van der Waals surface area contributed by atoms with Crippen molar-refractivity contribution in [3.8, 4) is 11.1 Å². The molecule has 8 nitrogen and oxygen atoms in total. The fourth-order valence-corrected chi connectivity index (χ4v) is 4.39. The summed E-state index contributed by atoms with van der Waals surface area (Å²) < 4.78 is 22.1.